The summed E-state index contributed by atoms with van der Waals surface area (Å²) in [6, 6.07) is 9.70. The smallest absolute Gasteiger partial charge is 0.255 e. The van der Waals surface area contributed by atoms with Gasteiger partial charge in [0.15, 0.2) is 0 Å². The lowest BCUT2D eigenvalue weighted by Crippen LogP contribution is -2.41. The average Bonchev–Trinajstić information content (AvgIpc) is 3.30. The molecule has 128 valence electrons. The number of nitrogens with zero attached hydrogens (tertiary/aromatic N) is 3. The van der Waals surface area contributed by atoms with Crippen LogP contribution in [0, 0.1) is 6.92 Å². The number of aromatic nitrogens is 2. The summed E-state index contributed by atoms with van der Waals surface area (Å²) in [5.74, 6) is 1.76. The quantitative estimate of drug-likeness (QED) is 0.722. The molecule has 0 fully saturated rings. The van der Waals surface area contributed by atoms with Crippen molar-refractivity contribution < 1.29 is 9.53 Å². The van der Waals surface area contributed by atoms with E-state index < -0.39 is 0 Å². The van der Waals surface area contributed by atoms with Gasteiger partial charge in [-0.25, -0.2) is 4.98 Å². The Kier molecular flexibility index (Phi) is 4.05. The van der Waals surface area contributed by atoms with Gasteiger partial charge in [-0.3, -0.25) is 4.79 Å². The molecule has 0 spiro atoms. The number of amides is 1. The molecule has 0 bridgehead atoms. The molecule has 3 aromatic rings. The minimum absolute atomic E-state index is 0.0315. The van der Waals surface area contributed by atoms with E-state index >= 15 is 0 Å². The standard InChI is InChI=1S/C19H19N3O2S/c1-13-9-20-18-11-22(19(23)14-7-8-25-12-14)16(10-21(13)18)15-5-3-4-6-17(15)24-2/h3-9,12,16H,10-11H2,1-2H3. The number of carbonyl (C=O) groups is 1. The highest BCUT2D eigenvalue weighted by Gasteiger charge is 2.34. The summed E-state index contributed by atoms with van der Waals surface area (Å²) in [7, 11) is 1.67. The van der Waals surface area contributed by atoms with Gasteiger partial charge >= 0.3 is 0 Å². The normalized spacial score (nSPS) is 16.6. The predicted molar refractivity (Wildman–Crippen MR) is 96.9 cm³/mol. The van der Waals surface area contributed by atoms with Crippen LogP contribution < -0.4 is 4.74 Å². The van der Waals surface area contributed by atoms with Crippen LogP contribution in [-0.2, 0) is 13.1 Å². The van der Waals surface area contributed by atoms with E-state index in [4.69, 9.17) is 4.74 Å². The first-order chi connectivity index (χ1) is 12.2. The third kappa shape index (κ3) is 2.72. The van der Waals surface area contributed by atoms with E-state index in [1.54, 1.807) is 7.11 Å². The lowest BCUT2D eigenvalue weighted by Gasteiger charge is -2.37. The van der Waals surface area contributed by atoms with Crippen molar-refractivity contribution in [1.82, 2.24) is 14.5 Å². The molecule has 1 aliphatic rings. The molecule has 5 nitrogen and oxygen atoms in total. The van der Waals surface area contributed by atoms with Crippen LogP contribution in [0.4, 0.5) is 0 Å². The van der Waals surface area contributed by atoms with Crippen LogP contribution in [0.2, 0.25) is 0 Å². The maximum atomic E-state index is 13.1. The number of ether oxygens (including phenoxy) is 1. The molecule has 3 heterocycles. The highest BCUT2D eigenvalue weighted by molar-refractivity contribution is 7.08. The number of imidazole rings is 1. The Morgan fingerprint density at radius 3 is 2.92 bits per heavy atom. The van der Waals surface area contributed by atoms with Gasteiger partial charge in [0.2, 0.25) is 0 Å². The van der Waals surface area contributed by atoms with Crippen LogP contribution >= 0.6 is 11.3 Å². The fourth-order valence-electron chi connectivity index (χ4n) is 3.39. The topological polar surface area (TPSA) is 47.4 Å². The number of fused-ring (bicyclic) bond motifs is 1. The van der Waals surface area contributed by atoms with Crippen molar-refractivity contribution in [3.05, 3.63) is 69.9 Å². The molecule has 0 saturated carbocycles. The van der Waals surface area contributed by atoms with Crippen LogP contribution in [0.25, 0.3) is 0 Å². The van der Waals surface area contributed by atoms with E-state index in [9.17, 15) is 4.79 Å². The van der Waals surface area contributed by atoms with Gasteiger partial charge in [-0.05, 0) is 24.4 Å². The number of rotatable bonds is 3. The number of thiophene rings is 1. The summed E-state index contributed by atoms with van der Waals surface area (Å²) < 4.78 is 7.75. The highest BCUT2D eigenvalue weighted by Crippen LogP contribution is 2.36. The number of benzene rings is 1. The molecule has 6 heteroatoms. The Morgan fingerprint density at radius 1 is 1.32 bits per heavy atom. The Balaban J connectivity index is 1.80. The summed E-state index contributed by atoms with van der Waals surface area (Å²) in [5, 5.41) is 3.83. The molecular formula is C19H19N3O2S. The second kappa shape index (κ2) is 6.37. The second-order valence-corrected chi connectivity index (χ2v) is 6.91. The number of para-hydroxylation sites is 1. The summed E-state index contributed by atoms with van der Waals surface area (Å²) in [6.07, 6.45) is 1.87. The third-order valence-corrected chi connectivity index (χ3v) is 5.39. The van der Waals surface area contributed by atoms with Gasteiger partial charge in [0, 0.05) is 29.4 Å². The minimum atomic E-state index is -0.0936. The molecule has 25 heavy (non-hydrogen) atoms. The molecule has 1 aliphatic heterocycles. The number of hydrogen-bond acceptors (Lipinski definition) is 4. The summed E-state index contributed by atoms with van der Waals surface area (Å²) in [5.41, 5.74) is 2.85. The maximum absolute atomic E-state index is 13.1. The molecule has 0 radical (unpaired) electrons. The van der Waals surface area contributed by atoms with E-state index in [0.29, 0.717) is 13.1 Å². The highest BCUT2D eigenvalue weighted by atomic mass is 32.1. The predicted octanol–water partition coefficient (Wildman–Crippen LogP) is 3.66. The zero-order valence-electron chi connectivity index (χ0n) is 14.2. The molecule has 0 saturated heterocycles. The first kappa shape index (κ1) is 15.9. The molecular weight excluding hydrogens is 334 g/mol. The van der Waals surface area contributed by atoms with Crippen molar-refractivity contribution >= 4 is 17.2 Å². The van der Waals surface area contributed by atoms with E-state index in [2.05, 4.69) is 9.55 Å². The average molecular weight is 353 g/mol. The van der Waals surface area contributed by atoms with E-state index in [1.807, 2.05) is 59.1 Å². The van der Waals surface area contributed by atoms with Crippen LogP contribution in [0.5, 0.6) is 5.75 Å². The van der Waals surface area contributed by atoms with Gasteiger partial charge < -0.3 is 14.2 Å². The van der Waals surface area contributed by atoms with E-state index in [1.165, 1.54) is 11.3 Å². The van der Waals surface area contributed by atoms with E-state index in [0.717, 1.165) is 28.4 Å². The van der Waals surface area contributed by atoms with E-state index in [-0.39, 0.29) is 11.9 Å². The van der Waals surface area contributed by atoms with Gasteiger partial charge in [-0.15, -0.1) is 0 Å². The van der Waals surface area contributed by atoms with Crippen molar-refractivity contribution in [3.8, 4) is 5.75 Å². The van der Waals surface area contributed by atoms with Crippen molar-refractivity contribution in [2.75, 3.05) is 7.11 Å². The van der Waals surface area contributed by atoms with Crippen LogP contribution in [-0.4, -0.2) is 27.5 Å². The second-order valence-electron chi connectivity index (χ2n) is 6.13. The first-order valence-corrected chi connectivity index (χ1v) is 9.10. The van der Waals surface area contributed by atoms with Crippen LogP contribution in [0.15, 0.2) is 47.3 Å². The Morgan fingerprint density at radius 2 is 2.16 bits per heavy atom. The zero-order valence-corrected chi connectivity index (χ0v) is 15.0. The molecule has 1 aromatic carbocycles. The van der Waals surface area contributed by atoms with Gasteiger partial charge in [-0.2, -0.15) is 11.3 Å². The third-order valence-electron chi connectivity index (χ3n) is 4.71. The molecule has 0 aliphatic carbocycles. The fraction of sp³-hybridized carbons (Fsp3) is 0.263. The monoisotopic (exact) mass is 353 g/mol. The SMILES string of the molecule is COc1ccccc1C1Cn2c(C)cnc2CN1C(=O)c1ccsc1. The first-order valence-electron chi connectivity index (χ1n) is 8.16. The van der Waals surface area contributed by atoms with Crippen molar-refractivity contribution in [1.29, 1.82) is 0 Å². The van der Waals surface area contributed by atoms with Gasteiger partial charge in [0.1, 0.15) is 11.6 Å². The van der Waals surface area contributed by atoms with Gasteiger partial charge in [-0.1, -0.05) is 18.2 Å². The Bertz CT molecular complexity index is 901. The Labute approximate surface area is 150 Å². The molecule has 2 aromatic heterocycles. The molecule has 1 unspecified atom stereocenters. The molecule has 1 amide bonds. The maximum Gasteiger partial charge on any atom is 0.255 e. The molecule has 0 N–H and O–H groups in total. The molecule has 1 atom stereocenters. The minimum Gasteiger partial charge on any atom is -0.496 e. The lowest BCUT2D eigenvalue weighted by molar-refractivity contribution is 0.0580. The summed E-state index contributed by atoms with van der Waals surface area (Å²) >= 11 is 1.53. The lowest BCUT2D eigenvalue weighted by atomic mass is 10.0. The van der Waals surface area contributed by atoms with Crippen molar-refractivity contribution in [3.63, 3.8) is 0 Å². The summed E-state index contributed by atoms with van der Waals surface area (Å²) in [6.45, 7) is 3.22. The zero-order chi connectivity index (χ0) is 17.4. The number of methoxy groups -OCH3 is 1. The van der Waals surface area contributed by atoms with Crippen LogP contribution in [0.3, 0.4) is 0 Å². The van der Waals surface area contributed by atoms with Crippen molar-refractivity contribution in [2.24, 2.45) is 0 Å². The molecule has 4 rings (SSSR count). The number of carbonyl (C=O) groups excluding carboxylic acids is 1. The van der Waals surface area contributed by atoms with Crippen molar-refractivity contribution in [2.45, 2.75) is 26.1 Å². The largest absolute Gasteiger partial charge is 0.496 e. The van der Waals surface area contributed by atoms with Crippen LogP contribution in [0.1, 0.15) is 33.5 Å². The fourth-order valence-corrected chi connectivity index (χ4v) is 4.02. The Hall–Kier alpha value is -2.60. The van der Waals surface area contributed by atoms with Gasteiger partial charge in [0.25, 0.3) is 5.91 Å². The summed E-state index contributed by atoms with van der Waals surface area (Å²) in [4.78, 5) is 19.5. The number of hydrogen-bond donors (Lipinski definition) is 0. The number of aryl methyl sites for hydroxylation is 1. The van der Waals surface area contributed by atoms with Gasteiger partial charge in [0.05, 0.1) is 25.3 Å².